The molecule has 3 nitrogen and oxygen atoms in total. The molecule has 2 fully saturated rings. The summed E-state index contributed by atoms with van der Waals surface area (Å²) in [6.45, 7) is 5.45. The number of aromatic nitrogens is 2. The Hall–Kier alpha value is -0.480. The van der Waals surface area contributed by atoms with Gasteiger partial charge in [-0.15, -0.1) is 10.2 Å². The summed E-state index contributed by atoms with van der Waals surface area (Å²) in [5, 5.41) is 14.8. The van der Waals surface area contributed by atoms with Crippen LogP contribution in [0.2, 0.25) is 0 Å². The molecule has 4 atom stereocenters. The van der Waals surface area contributed by atoms with Gasteiger partial charge in [-0.1, -0.05) is 24.7 Å². The fraction of sp³-hybridized carbons (Fsp3) is 0.857. The number of hydrogen-bond donors (Lipinski definition) is 1. The third kappa shape index (κ3) is 2.32. The highest BCUT2D eigenvalue weighted by molar-refractivity contribution is 7.11. The molecule has 1 aromatic heterocycles. The van der Waals surface area contributed by atoms with Crippen LogP contribution in [-0.2, 0) is 0 Å². The normalized spacial score (nSPS) is 32.0. The Morgan fingerprint density at radius 3 is 2.89 bits per heavy atom. The molecule has 2 aliphatic rings. The quantitative estimate of drug-likeness (QED) is 0.885. The van der Waals surface area contributed by atoms with E-state index in [0.29, 0.717) is 6.04 Å². The number of rotatable bonds is 5. The van der Waals surface area contributed by atoms with Crippen LogP contribution in [0.25, 0.3) is 0 Å². The maximum atomic E-state index is 4.47. The van der Waals surface area contributed by atoms with E-state index < -0.39 is 0 Å². The van der Waals surface area contributed by atoms with Gasteiger partial charge in [-0.05, 0) is 51.0 Å². The van der Waals surface area contributed by atoms with Gasteiger partial charge in [-0.2, -0.15) is 0 Å². The fourth-order valence-electron chi connectivity index (χ4n) is 3.57. The van der Waals surface area contributed by atoms with Crippen LogP contribution < -0.4 is 5.32 Å². The lowest BCUT2D eigenvalue weighted by atomic mass is 9.89. The smallest absolute Gasteiger partial charge is 0.134 e. The van der Waals surface area contributed by atoms with Crippen LogP contribution in [0, 0.1) is 11.8 Å². The Bertz CT molecular complexity index is 403. The number of hydrogen-bond acceptors (Lipinski definition) is 4. The molecule has 0 saturated heterocycles. The molecule has 4 unspecified atom stereocenters. The Labute approximate surface area is 113 Å². The first-order valence-corrected chi connectivity index (χ1v) is 8.16. The van der Waals surface area contributed by atoms with Gasteiger partial charge in [0.15, 0.2) is 0 Å². The van der Waals surface area contributed by atoms with Gasteiger partial charge >= 0.3 is 0 Å². The third-order valence-electron chi connectivity index (χ3n) is 4.58. The van der Waals surface area contributed by atoms with Gasteiger partial charge in [0.25, 0.3) is 0 Å². The zero-order chi connectivity index (χ0) is 12.5. The highest BCUT2D eigenvalue weighted by Gasteiger charge is 2.41. The Balaban J connectivity index is 1.66. The summed E-state index contributed by atoms with van der Waals surface area (Å²) in [5.41, 5.74) is 0. The van der Waals surface area contributed by atoms with Crippen LogP contribution in [0.1, 0.15) is 67.9 Å². The van der Waals surface area contributed by atoms with Crippen molar-refractivity contribution in [2.75, 3.05) is 6.54 Å². The van der Waals surface area contributed by atoms with E-state index in [9.17, 15) is 0 Å². The van der Waals surface area contributed by atoms with Crippen molar-refractivity contribution in [2.24, 2.45) is 11.8 Å². The minimum Gasteiger partial charge on any atom is -0.308 e. The summed E-state index contributed by atoms with van der Waals surface area (Å²) in [6.07, 6.45) is 6.87. The topological polar surface area (TPSA) is 37.8 Å². The van der Waals surface area contributed by atoms with E-state index >= 15 is 0 Å². The van der Waals surface area contributed by atoms with Crippen LogP contribution in [0.3, 0.4) is 0 Å². The molecule has 100 valence electrons. The van der Waals surface area contributed by atoms with Crippen molar-refractivity contribution in [2.45, 2.75) is 57.9 Å². The predicted molar refractivity (Wildman–Crippen MR) is 74.8 cm³/mol. The van der Waals surface area contributed by atoms with Crippen LogP contribution in [0.5, 0.6) is 0 Å². The summed E-state index contributed by atoms with van der Waals surface area (Å²) in [6, 6.07) is 0.356. The van der Waals surface area contributed by atoms with Gasteiger partial charge in [-0.3, -0.25) is 0 Å². The first kappa shape index (κ1) is 12.5. The second-order valence-electron chi connectivity index (χ2n) is 5.94. The lowest BCUT2D eigenvalue weighted by molar-refractivity contribution is 0.417. The molecule has 0 spiro atoms. The van der Waals surface area contributed by atoms with Crippen molar-refractivity contribution < 1.29 is 0 Å². The summed E-state index contributed by atoms with van der Waals surface area (Å²) in [4.78, 5) is 0. The van der Waals surface area contributed by atoms with E-state index in [1.54, 1.807) is 0 Å². The SMILES string of the molecule is CCCNC(C)c1nnc(C2CC3CCC2C3)s1. The van der Waals surface area contributed by atoms with Crippen molar-refractivity contribution in [3.63, 3.8) is 0 Å². The van der Waals surface area contributed by atoms with E-state index in [1.165, 1.54) is 42.1 Å². The highest BCUT2D eigenvalue weighted by Crippen LogP contribution is 2.53. The lowest BCUT2D eigenvalue weighted by Gasteiger charge is -2.18. The Morgan fingerprint density at radius 2 is 2.22 bits per heavy atom. The second kappa shape index (κ2) is 5.25. The summed E-state index contributed by atoms with van der Waals surface area (Å²) >= 11 is 1.84. The third-order valence-corrected chi connectivity index (χ3v) is 5.82. The minimum atomic E-state index is 0.356. The van der Waals surface area contributed by atoms with Crippen LogP contribution in [0.4, 0.5) is 0 Å². The zero-order valence-electron chi connectivity index (χ0n) is 11.4. The fourth-order valence-corrected chi connectivity index (χ4v) is 4.64. The van der Waals surface area contributed by atoms with E-state index in [4.69, 9.17) is 0 Å². The van der Waals surface area contributed by atoms with Gasteiger partial charge in [0.05, 0.1) is 6.04 Å². The van der Waals surface area contributed by atoms with Crippen molar-refractivity contribution in [3.05, 3.63) is 10.0 Å². The number of nitrogens with one attached hydrogen (secondary N) is 1. The summed E-state index contributed by atoms with van der Waals surface area (Å²) < 4.78 is 0. The van der Waals surface area contributed by atoms with E-state index in [1.807, 2.05) is 11.3 Å². The Kier molecular flexibility index (Phi) is 3.66. The lowest BCUT2D eigenvalue weighted by Crippen LogP contribution is -2.19. The summed E-state index contributed by atoms with van der Waals surface area (Å²) in [7, 11) is 0. The molecule has 1 N–H and O–H groups in total. The molecular formula is C14H23N3S. The zero-order valence-corrected chi connectivity index (χ0v) is 12.2. The monoisotopic (exact) mass is 265 g/mol. The van der Waals surface area contributed by atoms with Crippen molar-refractivity contribution >= 4 is 11.3 Å². The molecule has 0 aromatic carbocycles. The van der Waals surface area contributed by atoms with Gasteiger partial charge in [0, 0.05) is 5.92 Å². The number of nitrogens with zero attached hydrogens (tertiary/aromatic N) is 2. The van der Waals surface area contributed by atoms with Crippen LogP contribution in [-0.4, -0.2) is 16.7 Å². The molecule has 3 rings (SSSR count). The molecule has 2 bridgehead atoms. The molecule has 1 aromatic rings. The molecule has 2 aliphatic carbocycles. The minimum absolute atomic E-state index is 0.356. The highest BCUT2D eigenvalue weighted by atomic mass is 32.1. The van der Waals surface area contributed by atoms with Gasteiger partial charge in [-0.25, -0.2) is 0 Å². The molecule has 0 radical (unpaired) electrons. The van der Waals surface area contributed by atoms with Crippen molar-refractivity contribution in [1.82, 2.24) is 15.5 Å². The maximum Gasteiger partial charge on any atom is 0.134 e. The molecule has 0 amide bonds. The molecule has 18 heavy (non-hydrogen) atoms. The molecule has 2 saturated carbocycles. The maximum absolute atomic E-state index is 4.47. The number of fused-ring (bicyclic) bond motifs is 2. The van der Waals surface area contributed by atoms with E-state index in [0.717, 1.165) is 24.3 Å². The second-order valence-corrected chi connectivity index (χ2v) is 6.98. The molecular weight excluding hydrogens is 242 g/mol. The van der Waals surface area contributed by atoms with Crippen LogP contribution >= 0.6 is 11.3 Å². The molecule has 4 heteroatoms. The molecule has 0 aliphatic heterocycles. The molecule has 1 heterocycles. The average Bonchev–Trinajstić information content (AvgIpc) is 3.09. The van der Waals surface area contributed by atoms with Gasteiger partial charge in [0.1, 0.15) is 10.0 Å². The van der Waals surface area contributed by atoms with E-state index in [-0.39, 0.29) is 0 Å². The standard InChI is InChI=1S/C14H23N3S/c1-3-6-15-9(2)13-16-17-14(18-13)12-8-10-4-5-11(12)7-10/h9-12,15H,3-8H2,1-2H3. The van der Waals surface area contributed by atoms with E-state index in [2.05, 4.69) is 29.4 Å². The predicted octanol–water partition coefficient (Wildman–Crippen LogP) is 3.50. The van der Waals surface area contributed by atoms with Crippen molar-refractivity contribution in [3.8, 4) is 0 Å². The van der Waals surface area contributed by atoms with Gasteiger partial charge < -0.3 is 5.32 Å². The van der Waals surface area contributed by atoms with Gasteiger partial charge in [0.2, 0.25) is 0 Å². The largest absolute Gasteiger partial charge is 0.308 e. The first-order chi connectivity index (χ1) is 8.78. The van der Waals surface area contributed by atoms with Crippen molar-refractivity contribution in [1.29, 1.82) is 0 Å². The summed E-state index contributed by atoms with van der Waals surface area (Å²) in [5.74, 6) is 2.63. The Morgan fingerprint density at radius 1 is 1.33 bits per heavy atom. The average molecular weight is 265 g/mol. The first-order valence-electron chi connectivity index (χ1n) is 7.34. The van der Waals surface area contributed by atoms with Crippen LogP contribution in [0.15, 0.2) is 0 Å².